The summed E-state index contributed by atoms with van der Waals surface area (Å²) >= 11 is 3.44. The molecule has 1 heterocycles. The van der Waals surface area contributed by atoms with Crippen molar-refractivity contribution < 1.29 is 14.3 Å². The molecule has 24 heavy (non-hydrogen) atoms. The number of pyridine rings is 1. The van der Waals surface area contributed by atoms with E-state index in [9.17, 15) is 9.59 Å². The zero-order valence-electron chi connectivity index (χ0n) is 13.2. The van der Waals surface area contributed by atoms with Crippen LogP contribution in [0.15, 0.2) is 59.2 Å². The van der Waals surface area contributed by atoms with Gasteiger partial charge in [0.15, 0.2) is 6.61 Å². The highest BCUT2D eigenvalue weighted by molar-refractivity contribution is 9.10. The third-order valence-corrected chi connectivity index (χ3v) is 3.98. The molecule has 5 nitrogen and oxygen atoms in total. The minimum atomic E-state index is -0.580. The van der Waals surface area contributed by atoms with Gasteiger partial charge in [0.05, 0.1) is 5.69 Å². The maximum atomic E-state index is 12.0. The molecule has 0 radical (unpaired) electrons. The summed E-state index contributed by atoms with van der Waals surface area (Å²) in [5.41, 5.74) is 1.63. The Kier molecular flexibility index (Phi) is 6.69. The number of carbonyl (C=O) groups excluding carboxylic acids is 2. The van der Waals surface area contributed by atoms with Crippen LogP contribution in [-0.2, 0) is 20.9 Å². The lowest BCUT2D eigenvalue weighted by Gasteiger charge is -2.17. The Bertz CT molecular complexity index is 732. The van der Waals surface area contributed by atoms with Crippen molar-refractivity contribution in [1.29, 1.82) is 0 Å². The number of halogens is 1. The Labute approximate surface area is 149 Å². The van der Waals surface area contributed by atoms with Crippen LogP contribution in [0.1, 0.15) is 11.3 Å². The molecule has 124 valence electrons. The summed E-state index contributed by atoms with van der Waals surface area (Å²) in [7, 11) is 1.67. The maximum absolute atomic E-state index is 12.0. The third kappa shape index (κ3) is 5.62. The second-order valence-corrected chi connectivity index (χ2v) is 5.89. The van der Waals surface area contributed by atoms with Gasteiger partial charge in [0.1, 0.15) is 0 Å². The molecular weight excluding hydrogens is 372 g/mol. The van der Waals surface area contributed by atoms with Crippen LogP contribution >= 0.6 is 15.9 Å². The summed E-state index contributed by atoms with van der Waals surface area (Å²) < 4.78 is 5.89. The smallest absolute Gasteiger partial charge is 0.331 e. The molecule has 6 heteroatoms. The molecule has 2 aromatic rings. The molecule has 0 unspecified atom stereocenters. The molecular formula is C18H17BrN2O3. The van der Waals surface area contributed by atoms with Crippen LogP contribution in [0.3, 0.4) is 0 Å². The maximum Gasteiger partial charge on any atom is 0.331 e. The highest BCUT2D eigenvalue weighted by Gasteiger charge is 2.12. The van der Waals surface area contributed by atoms with Gasteiger partial charge in [0.25, 0.3) is 5.91 Å². The van der Waals surface area contributed by atoms with Crippen molar-refractivity contribution in [1.82, 2.24) is 9.88 Å². The number of benzene rings is 1. The Morgan fingerprint density at radius 2 is 1.96 bits per heavy atom. The van der Waals surface area contributed by atoms with Crippen LogP contribution in [0.25, 0.3) is 6.08 Å². The van der Waals surface area contributed by atoms with Crippen molar-refractivity contribution in [3.05, 3.63) is 70.5 Å². The fourth-order valence-electron chi connectivity index (χ4n) is 1.89. The summed E-state index contributed by atoms with van der Waals surface area (Å²) in [5, 5.41) is 0. The van der Waals surface area contributed by atoms with Gasteiger partial charge in [-0.2, -0.15) is 0 Å². The topological polar surface area (TPSA) is 59.5 Å². The van der Waals surface area contributed by atoms with E-state index in [1.807, 2.05) is 30.3 Å². The van der Waals surface area contributed by atoms with Crippen LogP contribution in [0.5, 0.6) is 0 Å². The van der Waals surface area contributed by atoms with Crippen LogP contribution in [0.4, 0.5) is 0 Å². The van der Waals surface area contributed by atoms with Gasteiger partial charge < -0.3 is 9.64 Å². The van der Waals surface area contributed by atoms with Gasteiger partial charge in [0, 0.05) is 30.3 Å². The van der Waals surface area contributed by atoms with Gasteiger partial charge in [-0.1, -0.05) is 40.2 Å². The van der Waals surface area contributed by atoms with Crippen molar-refractivity contribution >= 4 is 33.9 Å². The Morgan fingerprint density at radius 3 is 2.67 bits per heavy atom. The first-order valence-corrected chi connectivity index (χ1v) is 8.09. The zero-order valence-corrected chi connectivity index (χ0v) is 14.8. The van der Waals surface area contributed by atoms with Crippen molar-refractivity contribution in [3.63, 3.8) is 0 Å². The minimum Gasteiger partial charge on any atom is -0.452 e. The number of esters is 1. The Morgan fingerprint density at radius 1 is 1.21 bits per heavy atom. The number of ether oxygens (including phenoxy) is 1. The molecule has 1 aromatic heterocycles. The molecule has 0 atom stereocenters. The first kappa shape index (κ1) is 17.9. The van der Waals surface area contributed by atoms with Gasteiger partial charge in [-0.25, -0.2) is 4.79 Å². The predicted octanol–water partition coefficient (Wildman–Crippen LogP) is 3.06. The zero-order chi connectivity index (χ0) is 17.4. The molecule has 1 amide bonds. The van der Waals surface area contributed by atoms with Crippen molar-refractivity contribution in [3.8, 4) is 0 Å². The van der Waals surface area contributed by atoms with Gasteiger partial charge in [-0.3, -0.25) is 9.78 Å². The normalized spacial score (nSPS) is 10.6. The van der Waals surface area contributed by atoms with Gasteiger partial charge in [0.2, 0.25) is 0 Å². The van der Waals surface area contributed by atoms with Crippen molar-refractivity contribution in [2.45, 2.75) is 6.54 Å². The van der Waals surface area contributed by atoms with Gasteiger partial charge >= 0.3 is 5.97 Å². The largest absolute Gasteiger partial charge is 0.452 e. The van der Waals surface area contributed by atoms with E-state index < -0.39 is 5.97 Å². The molecule has 0 bridgehead atoms. The first-order chi connectivity index (χ1) is 11.6. The lowest BCUT2D eigenvalue weighted by molar-refractivity contribution is -0.147. The number of amides is 1. The summed E-state index contributed by atoms with van der Waals surface area (Å²) in [4.78, 5) is 29.2. The highest BCUT2D eigenvalue weighted by Crippen LogP contribution is 2.17. The molecule has 2 rings (SSSR count). The van der Waals surface area contributed by atoms with E-state index in [4.69, 9.17) is 4.74 Å². The molecule has 0 aliphatic carbocycles. The van der Waals surface area contributed by atoms with Crippen LogP contribution in [0, 0.1) is 0 Å². The fraction of sp³-hybridized carbons (Fsp3) is 0.167. The molecule has 0 fully saturated rings. The van der Waals surface area contributed by atoms with Crippen LogP contribution < -0.4 is 0 Å². The summed E-state index contributed by atoms with van der Waals surface area (Å²) in [6, 6.07) is 13.0. The van der Waals surface area contributed by atoms with E-state index in [0.29, 0.717) is 12.2 Å². The van der Waals surface area contributed by atoms with E-state index in [1.165, 1.54) is 17.1 Å². The van der Waals surface area contributed by atoms with Crippen molar-refractivity contribution in [2.75, 3.05) is 13.7 Å². The summed E-state index contributed by atoms with van der Waals surface area (Å²) in [6.07, 6.45) is 4.42. The third-order valence-electron chi connectivity index (χ3n) is 3.21. The predicted molar refractivity (Wildman–Crippen MR) is 94.8 cm³/mol. The number of aromatic nitrogens is 1. The minimum absolute atomic E-state index is 0.273. The monoisotopic (exact) mass is 388 g/mol. The van der Waals surface area contributed by atoms with E-state index in [-0.39, 0.29) is 12.5 Å². The van der Waals surface area contributed by atoms with Gasteiger partial charge in [-0.05, 0) is 29.8 Å². The Hall–Kier alpha value is -2.47. The van der Waals surface area contributed by atoms with E-state index >= 15 is 0 Å². The van der Waals surface area contributed by atoms with Crippen LogP contribution in [0.2, 0.25) is 0 Å². The summed E-state index contributed by atoms with van der Waals surface area (Å²) in [5.74, 6) is -0.853. The second kappa shape index (κ2) is 8.98. The number of likely N-dealkylation sites (N-methyl/N-ethyl adjacent to an activating group) is 1. The fourth-order valence-corrected chi connectivity index (χ4v) is 2.30. The molecule has 0 aliphatic heterocycles. The van der Waals surface area contributed by atoms with E-state index in [0.717, 1.165) is 10.0 Å². The quantitative estimate of drug-likeness (QED) is 0.563. The lowest BCUT2D eigenvalue weighted by Crippen LogP contribution is -2.30. The molecule has 0 saturated carbocycles. The molecule has 0 spiro atoms. The van der Waals surface area contributed by atoms with E-state index in [2.05, 4.69) is 20.9 Å². The second-order valence-electron chi connectivity index (χ2n) is 5.04. The van der Waals surface area contributed by atoms with Crippen LogP contribution in [-0.4, -0.2) is 35.4 Å². The Balaban J connectivity index is 1.80. The van der Waals surface area contributed by atoms with E-state index in [1.54, 1.807) is 25.4 Å². The summed E-state index contributed by atoms with van der Waals surface area (Å²) in [6.45, 7) is 0.133. The number of nitrogens with zero attached hydrogens (tertiary/aromatic N) is 2. The number of rotatable bonds is 6. The average Bonchev–Trinajstić information content (AvgIpc) is 2.60. The number of carbonyl (C=O) groups is 2. The lowest BCUT2D eigenvalue weighted by atomic mass is 10.2. The average molecular weight is 389 g/mol. The molecule has 0 aliphatic rings. The number of hydrogen-bond donors (Lipinski definition) is 0. The van der Waals surface area contributed by atoms with Gasteiger partial charge in [-0.15, -0.1) is 0 Å². The van der Waals surface area contributed by atoms with Crippen molar-refractivity contribution in [2.24, 2.45) is 0 Å². The standard InChI is InChI=1S/C18H17BrN2O3/c1-21(12-14-6-2-3-8-16(14)19)17(22)13-24-18(23)10-9-15-7-4-5-11-20-15/h2-11H,12-13H2,1H3. The number of hydrogen-bond acceptors (Lipinski definition) is 4. The molecule has 0 saturated heterocycles. The molecule has 1 aromatic carbocycles. The molecule has 0 N–H and O–H groups in total. The first-order valence-electron chi connectivity index (χ1n) is 7.29. The SMILES string of the molecule is CN(Cc1ccccc1Br)C(=O)COC(=O)C=Cc1ccccn1. The highest BCUT2D eigenvalue weighted by atomic mass is 79.9.